The summed E-state index contributed by atoms with van der Waals surface area (Å²) in [4.78, 5) is 16.5. The number of aliphatic hydroxyl groups is 1. The molecule has 3 rings (SSSR count). The Labute approximate surface area is 170 Å². The molecular weight excluding hydrogens is 366 g/mol. The normalized spacial score (nSPS) is 10.7. The van der Waals surface area contributed by atoms with E-state index >= 15 is 0 Å². The molecule has 2 aromatic heterocycles. The van der Waals surface area contributed by atoms with Crippen molar-refractivity contribution in [2.24, 2.45) is 0 Å². The van der Waals surface area contributed by atoms with Gasteiger partial charge < -0.3 is 10.4 Å². The predicted octanol–water partition coefficient (Wildman–Crippen LogP) is 3.25. The van der Waals surface area contributed by atoms with Crippen molar-refractivity contribution in [3.05, 3.63) is 66.0 Å². The largest absolute Gasteiger partial charge is 0.394 e. The van der Waals surface area contributed by atoms with Gasteiger partial charge in [-0.05, 0) is 24.1 Å². The second-order valence-corrected chi connectivity index (χ2v) is 6.76. The number of amides is 2. The summed E-state index contributed by atoms with van der Waals surface area (Å²) in [5.41, 5.74) is 3.94. The van der Waals surface area contributed by atoms with Crippen LogP contribution in [0.2, 0.25) is 0 Å². The number of aromatic nitrogens is 3. The summed E-state index contributed by atoms with van der Waals surface area (Å²) in [5, 5.41) is 19.5. The molecule has 2 heterocycles. The summed E-state index contributed by atoms with van der Waals surface area (Å²) in [6.07, 6.45) is 4.54. The lowest BCUT2D eigenvalue weighted by atomic mass is 10.1. The monoisotopic (exact) mass is 393 g/mol. The van der Waals surface area contributed by atoms with Crippen molar-refractivity contribution >= 4 is 11.8 Å². The number of anilines is 1. The third-order valence-electron chi connectivity index (χ3n) is 4.51. The van der Waals surface area contributed by atoms with E-state index in [1.165, 1.54) is 5.56 Å². The van der Waals surface area contributed by atoms with E-state index in [9.17, 15) is 9.90 Å². The van der Waals surface area contributed by atoms with Gasteiger partial charge in [-0.1, -0.05) is 43.7 Å². The molecule has 0 spiro atoms. The maximum absolute atomic E-state index is 12.3. The van der Waals surface area contributed by atoms with Gasteiger partial charge in [-0.15, -0.1) is 0 Å². The van der Waals surface area contributed by atoms with Gasteiger partial charge in [0.05, 0.1) is 18.8 Å². The van der Waals surface area contributed by atoms with Crippen LogP contribution in [0.15, 0.2) is 54.7 Å². The molecule has 3 aromatic rings. The van der Waals surface area contributed by atoms with E-state index < -0.39 is 0 Å². The molecule has 7 heteroatoms. The van der Waals surface area contributed by atoms with Crippen LogP contribution >= 0.6 is 0 Å². The molecule has 0 aliphatic rings. The van der Waals surface area contributed by atoms with Crippen LogP contribution in [0.1, 0.15) is 24.6 Å². The van der Waals surface area contributed by atoms with E-state index in [0.717, 1.165) is 29.8 Å². The zero-order valence-electron chi connectivity index (χ0n) is 16.6. The Bertz CT molecular complexity index is 907. The molecule has 0 atom stereocenters. The Kier molecular flexibility index (Phi) is 7.35. The zero-order chi connectivity index (χ0) is 20.5. The number of rotatable bonds is 9. The smallest absolute Gasteiger partial charge is 0.320 e. The number of urea groups is 1. The zero-order valence-corrected chi connectivity index (χ0v) is 16.6. The van der Waals surface area contributed by atoms with E-state index in [2.05, 4.69) is 39.8 Å². The van der Waals surface area contributed by atoms with Crippen molar-refractivity contribution in [2.45, 2.75) is 32.7 Å². The van der Waals surface area contributed by atoms with Gasteiger partial charge >= 0.3 is 6.03 Å². The summed E-state index contributed by atoms with van der Waals surface area (Å²) in [7, 11) is 0. The number of aryl methyl sites for hydroxylation is 1. The van der Waals surface area contributed by atoms with Crippen molar-refractivity contribution in [2.75, 3.05) is 18.5 Å². The number of pyridine rings is 1. The van der Waals surface area contributed by atoms with Crippen LogP contribution in [0, 0.1) is 0 Å². The van der Waals surface area contributed by atoms with Gasteiger partial charge in [-0.3, -0.25) is 10.3 Å². The molecule has 0 radical (unpaired) electrons. The van der Waals surface area contributed by atoms with E-state index in [-0.39, 0.29) is 12.6 Å². The van der Waals surface area contributed by atoms with Gasteiger partial charge in [0, 0.05) is 36.5 Å². The first kappa shape index (κ1) is 20.5. The fourth-order valence-electron chi connectivity index (χ4n) is 3.07. The number of carbonyl (C=O) groups excluding carboxylic acids is 1. The minimum Gasteiger partial charge on any atom is -0.394 e. The highest BCUT2D eigenvalue weighted by Gasteiger charge is 2.12. The first-order valence-corrected chi connectivity index (χ1v) is 9.92. The minimum atomic E-state index is -0.315. The highest BCUT2D eigenvalue weighted by molar-refractivity contribution is 5.89. The molecular formula is C22H27N5O2. The molecule has 1 aromatic carbocycles. The van der Waals surface area contributed by atoms with E-state index in [4.69, 9.17) is 0 Å². The van der Waals surface area contributed by atoms with Gasteiger partial charge in [0.15, 0.2) is 0 Å². The summed E-state index contributed by atoms with van der Waals surface area (Å²) in [5.74, 6) is 0.544. The van der Waals surface area contributed by atoms with Gasteiger partial charge in [0.1, 0.15) is 5.82 Å². The van der Waals surface area contributed by atoms with Gasteiger partial charge in [-0.2, -0.15) is 5.10 Å². The molecule has 2 amide bonds. The average Bonchev–Trinajstić information content (AvgIpc) is 3.12. The van der Waals surface area contributed by atoms with Crippen molar-refractivity contribution in [3.8, 4) is 11.3 Å². The number of hydrogen-bond donors (Lipinski definition) is 3. The van der Waals surface area contributed by atoms with Crippen LogP contribution in [0.25, 0.3) is 11.3 Å². The quantitative estimate of drug-likeness (QED) is 0.520. The standard InChI is InChI=1S/C22H27N5O2/c1-2-5-17-7-9-18(10-8-17)20-16-21(27(26-20)14-15-28)25-22(29)24-13-11-19-6-3-4-12-23-19/h3-4,6-10,12,16,28H,2,5,11,13-15H2,1H3,(H2,24,25,29). The topological polar surface area (TPSA) is 92.1 Å². The lowest BCUT2D eigenvalue weighted by Gasteiger charge is -2.09. The molecule has 0 aliphatic heterocycles. The SMILES string of the molecule is CCCc1ccc(-c2cc(NC(=O)NCCc3ccccn3)n(CCO)n2)cc1. The fourth-order valence-corrected chi connectivity index (χ4v) is 3.07. The van der Waals surface area contributed by atoms with Crippen molar-refractivity contribution in [1.29, 1.82) is 0 Å². The van der Waals surface area contributed by atoms with E-state index in [0.29, 0.717) is 25.3 Å². The summed E-state index contributed by atoms with van der Waals surface area (Å²) < 4.78 is 1.60. The highest BCUT2D eigenvalue weighted by Crippen LogP contribution is 2.23. The molecule has 3 N–H and O–H groups in total. The number of aliphatic hydroxyl groups excluding tert-OH is 1. The fraction of sp³-hybridized carbons (Fsp3) is 0.318. The Morgan fingerprint density at radius 2 is 1.97 bits per heavy atom. The van der Waals surface area contributed by atoms with E-state index in [1.807, 2.05) is 36.4 Å². The first-order chi connectivity index (χ1) is 14.2. The molecule has 0 saturated carbocycles. The maximum atomic E-state index is 12.3. The number of benzene rings is 1. The number of carbonyl (C=O) groups is 1. The molecule has 0 unspecified atom stereocenters. The van der Waals surface area contributed by atoms with E-state index in [1.54, 1.807) is 10.9 Å². The first-order valence-electron chi connectivity index (χ1n) is 9.92. The van der Waals surface area contributed by atoms with Gasteiger partial charge in [0.2, 0.25) is 0 Å². The average molecular weight is 393 g/mol. The minimum absolute atomic E-state index is 0.0630. The summed E-state index contributed by atoms with van der Waals surface area (Å²) in [6, 6.07) is 15.5. The lowest BCUT2D eigenvalue weighted by Crippen LogP contribution is -2.31. The van der Waals surface area contributed by atoms with Crippen LogP contribution < -0.4 is 10.6 Å². The maximum Gasteiger partial charge on any atom is 0.320 e. The van der Waals surface area contributed by atoms with Crippen LogP contribution in [0.3, 0.4) is 0 Å². The predicted molar refractivity (Wildman–Crippen MR) is 114 cm³/mol. The van der Waals surface area contributed by atoms with Crippen molar-refractivity contribution in [3.63, 3.8) is 0 Å². The van der Waals surface area contributed by atoms with Gasteiger partial charge in [0.25, 0.3) is 0 Å². The molecule has 0 fully saturated rings. The molecule has 0 aliphatic carbocycles. The molecule has 152 valence electrons. The third kappa shape index (κ3) is 5.89. The summed E-state index contributed by atoms with van der Waals surface area (Å²) in [6.45, 7) is 2.87. The Morgan fingerprint density at radius 1 is 1.14 bits per heavy atom. The Balaban J connectivity index is 1.63. The number of nitrogens with zero attached hydrogens (tertiary/aromatic N) is 3. The molecule has 0 saturated heterocycles. The van der Waals surface area contributed by atoms with Crippen molar-refractivity contribution in [1.82, 2.24) is 20.1 Å². The van der Waals surface area contributed by atoms with Crippen molar-refractivity contribution < 1.29 is 9.90 Å². The lowest BCUT2D eigenvalue weighted by molar-refractivity contribution is 0.251. The van der Waals surface area contributed by atoms with Gasteiger partial charge in [-0.25, -0.2) is 9.48 Å². The summed E-state index contributed by atoms with van der Waals surface area (Å²) >= 11 is 0. The number of hydrogen-bond acceptors (Lipinski definition) is 4. The Hall–Kier alpha value is -3.19. The molecule has 0 bridgehead atoms. The Morgan fingerprint density at radius 3 is 2.66 bits per heavy atom. The molecule has 7 nitrogen and oxygen atoms in total. The number of nitrogens with one attached hydrogen (secondary N) is 2. The third-order valence-corrected chi connectivity index (χ3v) is 4.51. The second kappa shape index (κ2) is 10.4. The molecule has 29 heavy (non-hydrogen) atoms. The van der Waals surface area contributed by atoms with Crippen LogP contribution in [-0.4, -0.2) is 39.1 Å². The van der Waals surface area contributed by atoms with Crippen LogP contribution in [-0.2, 0) is 19.4 Å². The van der Waals surface area contributed by atoms with Crippen LogP contribution in [0.5, 0.6) is 0 Å². The van der Waals surface area contributed by atoms with Crippen LogP contribution in [0.4, 0.5) is 10.6 Å². The second-order valence-electron chi connectivity index (χ2n) is 6.76. The highest BCUT2D eigenvalue weighted by atomic mass is 16.3.